The van der Waals surface area contributed by atoms with Crippen LogP contribution in [-0.4, -0.2) is 18.1 Å². The van der Waals surface area contributed by atoms with E-state index in [-0.39, 0.29) is 0 Å². The van der Waals surface area contributed by atoms with Crippen LogP contribution in [0.2, 0.25) is 0 Å². The molecule has 0 bridgehead atoms. The molecule has 1 aromatic heterocycles. The molecule has 0 amide bonds. The molecule has 1 heterocycles. The summed E-state index contributed by atoms with van der Waals surface area (Å²) in [6.07, 6.45) is -8.01. The minimum Gasteiger partial charge on any atom is -0.465 e. The zero-order valence-corrected chi connectivity index (χ0v) is 9.59. The monoisotopic (exact) mass is 284 g/mol. The molecule has 4 nitrogen and oxygen atoms in total. The van der Waals surface area contributed by atoms with Gasteiger partial charge in [0.25, 0.3) is 6.43 Å². The molecule has 2 N–H and O–H groups in total. The summed E-state index contributed by atoms with van der Waals surface area (Å²) in [5.74, 6) is -1.32. The summed E-state index contributed by atoms with van der Waals surface area (Å²) in [4.78, 5) is 14.5. The second-order valence-electron chi connectivity index (χ2n) is 3.40. The minimum atomic E-state index is -5.10. The lowest BCUT2D eigenvalue weighted by atomic mass is 10.0. The van der Waals surface area contributed by atoms with E-state index in [0.29, 0.717) is 6.20 Å². The number of nitrogens with two attached hydrogens (primary N) is 1. The fourth-order valence-electron chi connectivity index (χ4n) is 1.54. The smallest absolute Gasteiger partial charge is 0.418 e. The van der Waals surface area contributed by atoms with Crippen molar-refractivity contribution < 1.29 is 31.5 Å². The van der Waals surface area contributed by atoms with E-state index in [4.69, 9.17) is 5.73 Å². The third-order valence-electron chi connectivity index (χ3n) is 2.30. The van der Waals surface area contributed by atoms with Crippen LogP contribution in [0, 0.1) is 0 Å². The van der Waals surface area contributed by atoms with Crippen molar-refractivity contribution in [2.75, 3.05) is 7.11 Å². The summed E-state index contributed by atoms with van der Waals surface area (Å²) in [5, 5.41) is 0. The molecule has 0 spiro atoms. The fourth-order valence-corrected chi connectivity index (χ4v) is 1.54. The highest BCUT2D eigenvalue weighted by molar-refractivity contribution is 5.91. The highest BCUT2D eigenvalue weighted by Crippen LogP contribution is 2.39. The predicted molar refractivity (Wildman–Crippen MR) is 53.4 cm³/mol. The number of aromatic nitrogens is 1. The van der Waals surface area contributed by atoms with Crippen molar-refractivity contribution in [1.29, 1.82) is 0 Å². The number of nitrogens with zero attached hydrogens (tertiary/aromatic N) is 1. The van der Waals surface area contributed by atoms with Crippen LogP contribution in [0.5, 0.6) is 0 Å². The maximum atomic E-state index is 12.9. The first-order valence-electron chi connectivity index (χ1n) is 4.89. The molecule has 0 atom stereocenters. The lowest BCUT2D eigenvalue weighted by Gasteiger charge is -2.17. The molecule has 0 radical (unpaired) electrons. The Morgan fingerprint density at radius 2 is 2.05 bits per heavy atom. The van der Waals surface area contributed by atoms with Gasteiger partial charge in [-0.3, -0.25) is 4.98 Å². The van der Waals surface area contributed by atoms with Crippen LogP contribution in [0.3, 0.4) is 0 Å². The van der Waals surface area contributed by atoms with Crippen molar-refractivity contribution >= 4 is 5.97 Å². The van der Waals surface area contributed by atoms with Crippen molar-refractivity contribution in [3.8, 4) is 0 Å². The van der Waals surface area contributed by atoms with Crippen LogP contribution >= 0.6 is 0 Å². The summed E-state index contributed by atoms with van der Waals surface area (Å²) >= 11 is 0. The van der Waals surface area contributed by atoms with Gasteiger partial charge in [0.05, 0.1) is 23.9 Å². The number of carbonyl (C=O) groups excluding carboxylic acids is 1. The van der Waals surface area contributed by atoms with Gasteiger partial charge in [0.15, 0.2) is 0 Å². The molecule has 0 fully saturated rings. The highest BCUT2D eigenvalue weighted by Gasteiger charge is 2.41. The van der Waals surface area contributed by atoms with Crippen LogP contribution < -0.4 is 5.73 Å². The van der Waals surface area contributed by atoms with E-state index >= 15 is 0 Å². The molecule has 106 valence electrons. The van der Waals surface area contributed by atoms with E-state index in [1.54, 1.807) is 0 Å². The molecule has 9 heteroatoms. The zero-order valence-electron chi connectivity index (χ0n) is 9.59. The normalized spacial score (nSPS) is 11.8. The maximum absolute atomic E-state index is 12.9. The number of halogens is 5. The number of methoxy groups -OCH3 is 1. The average Bonchev–Trinajstić information content (AvgIpc) is 2.34. The Morgan fingerprint density at radius 1 is 1.47 bits per heavy atom. The van der Waals surface area contributed by atoms with E-state index in [1.807, 2.05) is 0 Å². The molecule has 0 aliphatic rings. The first-order valence-corrected chi connectivity index (χ1v) is 4.89. The first-order chi connectivity index (χ1) is 8.73. The van der Waals surface area contributed by atoms with Gasteiger partial charge in [-0.05, 0) is 0 Å². The minimum absolute atomic E-state index is 0.602. The number of pyridine rings is 1. The van der Waals surface area contributed by atoms with Gasteiger partial charge in [0.1, 0.15) is 0 Å². The Morgan fingerprint density at radius 3 is 2.42 bits per heavy atom. The average molecular weight is 284 g/mol. The van der Waals surface area contributed by atoms with Crippen molar-refractivity contribution in [2.24, 2.45) is 5.73 Å². The number of ether oxygens (including phenoxy) is 1. The summed E-state index contributed by atoms with van der Waals surface area (Å²) in [6, 6.07) is 0. The zero-order chi connectivity index (χ0) is 14.8. The Labute approximate surface area is 104 Å². The number of esters is 1. The Kier molecular flexibility index (Phi) is 4.40. The van der Waals surface area contributed by atoms with Crippen LogP contribution in [-0.2, 0) is 17.5 Å². The Balaban J connectivity index is 3.68. The topological polar surface area (TPSA) is 65.2 Å². The third kappa shape index (κ3) is 2.98. The van der Waals surface area contributed by atoms with Crippen molar-refractivity contribution in [3.63, 3.8) is 0 Å². The molecule has 0 unspecified atom stereocenters. The van der Waals surface area contributed by atoms with Crippen molar-refractivity contribution in [1.82, 2.24) is 4.98 Å². The summed E-state index contributed by atoms with van der Waals surface area (Å²) in [7, 11) is 0.863. The molecule has 0 aromatic carbocycles. The number of rotatable bonds is 3. The van der Waals surface area contributed by atoms with E-state index in [2.05, 4.69) is 9.72 Å². The highest BCUT2D eigenvalue weighted by atomic mass is 19.4. The van der Waals surface area contributed by atoms with Gasteiger partial charge in [-0.15, -0.1) is 0 Å². The van der Waals surface area contributed by atoms with E-state index < -0.39 is 47.5 Å². The van der Waals surface area contributed by atoms with E-state index in [0.717, 1.165) is 7.11 Å². The lowest BCUT2D eigenvalue weighted by molar-refractivity contribution is -0.140. The molecule has 0 saturated heterocycles. The third-order valence-corrected chi connectivity index (χ3v) is 2.30. The number of carbonyl (C=O) groups is 1. The Bertz CT molecular complexity index is 488. The van der Waals surface area contributed by atoms with Gasteiger partial charge in [-0.2, -0.15) is 13.2 Å². The number of alkyl halides is 5. The second kappa shape index (κ2) is 5.47. The summed E-state index contributed by atoms with van der Waals surface area (Å²) < 4.78 is 68.3. The van der Waals surface area contributed by atoms with E-state index in [1.165, 1.54) is 0 Å². The van der Waals surface area contributed by atoms with Gasteiger partial charge >= 0.3 is 12.1 Å². The molecular weight excluding hydrogens is 275 g/mol. The van der Waals surface area contributed by atoms with Crippen molar-refractivity contribution in [3.05, 3.63) is 28.6 Å². The van der Waals surface area contributed by atoms with Gasteiger partial charge in [0.2, 0.25) is 0 Å². The standard InChI is InChI=1S/C10H9F5N2O2/c1-19-9(18)4-3-17-5(2-16)7(10(13,14)15)6(4)8(11)12/h3,8H,2,16H2,1H3. The van der Waals surface area contributed by atoms with Crippen LogP contribution in [0.1, 0.15) is 33.6 Å². The fraction of sp³-hybridized carbons (Fsp3) is 0.400. The van der Waals surface area contributed by atoms with Gasteiger partial charge in [0, 0.05) is 18.3 Å². The SMILES string of the molecule is COC(=O)c1cnc(CN)c(C(F)(F)F)c1C(F)F. The molecule has 0 aliphatic heterocycles. The Hall–Kier alpha value is -1.77. The van der Waals surface area contributed by atoms with Gasteiger partial charge in [-0.1, -0.05) is 0 Å². The molecule has 1 aromatic rings. The maximum Gasteiger partial charge on any atom is 0.418 e. The molecular formula is C10H9F5N2O2. The molecule has 1 rings (SSSR count). The molecule has 0 aliphatic carbocycles. The van der Waals surface area contributed by atoms with Crippen LogP contribution in [0.4, 0.5) is 22.0 Å². The largest absolute Gasteiger partial charge is 0.465 e. The molecule has 0 saturated carbocycles. The lowest BCUT2D eigenvalue weighted by Crippen LogP contribution is -2.21. The summed E-state index contributed by atoms with van der Waals surface area (Å²) in [6.45, 7) is -0.685. The van der Waals surface area contributed by atoms with Gasteiger partial charge in [-0.25, -0.2) is 13.6 Å². The first kappa shape index (κ1) is 15.3. The predicted octanol–water partition coefficient (Wildman–Crippen LogP) is 2.28. The second-order valence-corrected chi connectivity index (χ2v) is 3.40. The van der Waals surface area contributed by atoms with Crippen molar-refractivity contribution in [2.45, 2.75) is 19.1 Å². The quantitative estimate of drug-likeness (QED) is 0.683. The summed E-state index contributed by atoms with van der Waals surface area (Å²) in [5.41, 5.74) is 0.218. The van der Waals surface area contributed by atoms with Crippen LogP contribution in [0.25, 0.3) is 0 Å². The van der Waals surface area contributed by atoms with Gasteiger partial charge < -0.3 is 10.5 Å². The number of hydrogen-bond donors (Lipinski definition) is 1. The number of hydrogen-bond acceptors (Lipinski definition) is 4. The van der Waals surface area contributed by atoms with Crippen LogP contribution in [0.15, 0.2) is 6.20 Å². The molecule has 19 heavy (non-hydrogen) atoms. The van der Waals surface area contributed by atoms with E-state index in [9.17, 15) is 26.7 Å².